The number of aliphatic hydroxyl groups is 1. The van der Waals surface area contributed by atoms with Gasteiger partial charge in [0.2, 0.25) is 11.8 Å². The highest BCUT2D eigenvalue weighted by atomic mass is 32.2. The van der Waals surface area contributed by atoms with Crippen molar-refractivity contribution in [2.75, 3.05) is 29.3 Å². The molecule has 4 heterocycles. The molecule has 2 aromatic carbocycles. The van der Waals surface area contributed by atoms with E-state index in [9.17, 15) is 18.3 Å². The Hall–Kier alpha value is -4.55. The Morgan fingerprint density at radius 3 is 2.41 bits per heavy atom. The van der Waals surface area contributed by atoms with Crippen LogP contribution < -0.4 is 14.4 Å². The van der Waals surface area contributed by atoms with Gasteiger partial charge in [0.05, 0.1) is 22.2 Å². The molecule has 1 fully saturated rings. The molecule has 0 aliphatic carbocycles. The van der Waals surface area contributed by atoms with Gasteiger partial charge in [-0.3, -0.25) is 4.79 Å². The van der Waals surface area contributed by atoms with E-state index in [4.69, 9.17) is 9.72 Å². The molecule has 11 nitrogen and oxygen atoms in total. The fraction of sp³-hybridized carbons (Fsp3) is 0.405. The molecule has 0 unspecified atom stereocenters. The number of fused-ring (bicyclic) bond motifs is 4. The highest BCUT2D eigenvalue weighted by molar-refractivity contribution is 7.92. The third kappa shape index (κ3) is 7.86. The molecule has 258 valence electrons. The standard InChI is InChI=1S/C37H44N6O5S/c1-24(2)18-29-23-48-33-20-31(34-25(3)8-6-9-26(34)4)39-36(40-33)41-49(46,47)30-11-7-10-28(19-30)35(44)43(29)22-27-12-13-32(38-21-27)42-16-14-37(5,45)15-17-42/h6-13,19-21,24,29,45H,14-18,22-23H2,1-5H3,(H,39,40,41)/t29-/m1/s1. The maximum atomic E-state index is 14.4. The smallest absolute Gasteiger partial charge is 0.264 e. The van der Waals surface area contributed by atoms with Crippen LogP contribution in [0.2, 0.25) is 0 Å². The van der Waals surface area contributed by atoms with Crippen LogP contribution in [-0.4, -0.2) is 70.6 Å². The number of amides is 1. The molecule has 4 bridgehead atoms. The van der Waals surface area contributed by atoms with Crippen LogP contribution in [-0.2, 0) is 16.6 Å². The third-order valence-electron chi connectivity index (χ3n) is 9.25. The molecule has 0 spiro atoms. The molecular formula is C37H44N6O5S. The number of sulfonamides is 1. The lowest BCUT2D eigenvalue weighted by molar-refractivity contribution is 0.0350. The Kier molecular flexibility index (Phi) is 9.63. The van der Waals surface area contributed by atoms with Crippen molar-refractivity contribution in [1.82, 2.24) is 19.9 Å². The fourth-order valence-corrected chi connectivity index (χ4v) is 7.51. The molecule has 4 aromatic rings. The first kappa shape index (κ1) is 34.3. The molecule has 2 aromatic heterocycles. The Labute approximate surface area is 288 Å². The predicted octanol–water partition coefficient (Wildman–Crippen LogP) is 5.76. The van der Waals surface area contributed by atoms with Crippen LogP contribution in [0.4, 0.5) is 11.8 Å². The van der Waals surface area contributed by atoms with Gasteiger partial charge in [0.1, 0.15) is 12.4 Å². The number of carbonyl (C=O) groups excluding carboxylic acids is 1. The van der Waals surface area contributed by atoms with E-state index in [2.05, 4.69) is 33.4 Å². The van der Waals surface area contributed by atoms with Crippen LogP contribution in [0.1, 0.15) is 67.1 Å². The average Bonchev–Trinajstić information content (AvgIpc) is 3.05. The number of carbonyl (C=O) groups is 1. The van der Waals surface area contributed by atoms with E-state index >= 15 is 0 Å². The number of aryl methyl sites for hydroxylation is 2. The first-order valence-electron chi connectivity index (χ1n) is 16.7. The normalized spacial score (nSPS) is 18.9. The Balaban J connectivity index is 1.39. The van der Waals surface area contributed by atoms with Crippen molar-refractivity contribution in [3.05, 3.63) is 89.1 Å². The molecule has 12 heteroatoms. The van der Waals surface area contributed by atoms with Gasteiger partial charge in [-0.1, -0.05) is 44.2 Å². The van der Waals surface area contributed by atoms with Gasteiger partial charge in [0.15, 0.2) is 0 Å². The van der Waals surface area contributed by atoms with Gasteiger partial charge in [-0.25, -0.2) is 23.1 Å². The summed E-state index contributed by atoms with van der Waals surface area (Å²) in [5, 5.41) is 10.4. The summed E-state index contributed by atoms with van der Waals surface area (Å²) in [7, 11) is -4.16. The highest BCUT2D eigenvalue weighted by Crippen LogP contribution is 2.31. The monoisotopic (exact) mass is 684 g/mol. The van der Waals surface area contributed by atoms with Gasteiger partial charge in [-0.15, -0.1) is 0 Å². The second-order valence-electron chi connectivity index (χ2n) is 13.9. The summed E-state index contributed by atoms with van der Waals surface area (Å²) in [4.78, 5) is 32.0. The Morgan fingerprint density at radius 1 is 1.02 bits per heavy atom. The minimum atomic E-state index is -4.16. The van der Waals surface area contributed by atoms with E-state index in [1.807, 2.05) is 51.1 Å². The molecular weight excluding hydrogens is 641 g/mol. The lowest BCUT2D eigenvalue weighted by Crippen LogP contribution is -2.44. The molecule has 2 aliphatic rings. The van der Waals surface area contributed by atoms with Crippen LogP contribution in [0.15, 0.2) is 71.8 Å². The number of pyridine rings is 1. The quantitative estimate of drug-likeness (QED) is 0.260. The lowest BCUT2D eigenvalue weighted by Gasteiger charge is -2.36. The topological polar surface area (TPSA) is 138 Å². The maximum absolute atomic E-state index is 14.4. The van der Waals surface area contributed by atoms with Gasteiger partial charge in [0, 0.05) is 43.0 Å². The number of hydrogen-bond donors (Lipinski definition) is 2. The van der Waals surface area contributed by atoms with E-state index < -0.39 is 15.6 Å². The summed E-state index contributed by atoms with van der Waals surface area (Å²) in [6.07, 6.45) is 3.74. The Morgan fingerprint density at radius 2 is 1.73 bits per heavy atom. The number of rotatable bonds is 6. The van der Waals surface area contributed by atoms with Crippen molar-refractivity contribution >= 4 is 27.7 Å². The second-order valence-corrected chi connectivity index (χ2v) is 15.5. The zero-order valence-corrected chi connectivity index (χ0v) is 29.5. The molecule has 2 N–H and O–H groups in total. The fourth-order valence-electron chi connectivity index (χ4n) is 6.52. The molecule has 2 aliphatic heterocycles. The maximum Gasteiger partial charge on any atom is 0.264 e. The predicted molar refractivity (Wildman–Crippen MR) is 189 cm³/mol. The largest absolute Gasteiger partial charge is 0.475 e. The zero-order valence-electron chi connectivity index (χ0n) is 28.7. The van der Waals surface area contributed by atoms with Gasteiger partial charge < -0.3 is 19.6 Å². The number of ether oxygens (including phenoxy) is 1. The molecule has 0 radical (unpaired) electrons. The van der Waals surface area contributed by atoms with E-state index in [0.717, 1.165) is 28.1 Å². The average molecular weight is 685 g/mol. The summed E-state index contributed by atoms with van der Waals surface area (Å²) >= 11 is 0. The van der Waals surface area contributed by atoms with E-state index in [1.54, 1.807) is 29.3 Å². The van der Waals surface area contributed by atoms with Crippen molar-refractivity contribution in [3.8, 4) is 17.1 Å². The molecule has 0 saturated carbocycles. The molecule has 1 atom stereocenters. The Bertz CT molecular complexity index is 1920. The summed E-state index contributed by atoms with van der Waals surface area (Å²) < 4.78 is 36.2. The van der Waals surface area contributed by atoms with Crippen LogP contribution in [0.5, 0.6) is 5.88 Å². The summed E-state index contributed by atoms with van der Waals surface area (Å²) in [5.41, 5.74) is 3.75. The minimum absolute atomic E-state index is 0.0759. The number of hydrogen-bond acceptors (Lipinski definition) is 9. The molecule has 1 amide bonds. The highest BCUT2D eigenvalue weighted by Gasteiger charge is 2.30. The van der Waals surface area contributed by atoms with Gasteiger partial charge >= 0.3 is 0 Å². The SMILES string of the molecule is Cc1cccc(C)c1-c1cc2nc(n1)NS(=O)(=O)c1cccc(c1)C(=O)N(Cc1ccc(N3CCC(C)(O)CC3)nc1)[C@H](CC(C)C)CO2. The van der Waals surface area contributed by atoms with E-state index in [-0.39, 0.29) is 53.3 Å². The third-order valence-corrected chi connectivity index (χ3v) is 10.6. The molecule has 1 saturated heterocycles. The number of anilines is 2. The summed E-state index contributed by atoms with van der Waals surface area (Å²) in [6, 6.07) is 17.2. The van der Waals surface area contributed by atoms with E-state index in [0.29, 0.717) is 38.0 Å². The number of benzene rings is 2. The number of piperidine rings is 1. The minimum Gasteiger partial charge on any atom is -0.475 e. The van der Waals surface area contributed by atoms with Crippen molar-refractivity contribution in [2.45, 2.75) is 77.0 Å². The number of nitrogens with zero attached hydrogens (tertiary/aromatic N) is 5. The van der Waals surface area contributed by atoms with Crippen molar-refractivity contribution < 1.29 is 23.1 Å². The second kappa shape index (κ2) is 13.8. The van der Waals surface area contributed by atoms with Crippen LogP contribution in [0.3, 0.4) is 0 Å². The first-order valence-corrected chi connectivity index (χ1v) is 18.2. The first-order chi connectivity index (χ1) is 23.3. The van der Waals surface area contributed by atoms with Crippen molar-refractivity contribution in [3.63, 3.8) is 0 Å². The number of aromatic nitrogens is 3. The van der Waals surface area contributed by atoms with Crippen LogP contribution >= 0.6 is 0 Å². The summed E-state index contributed by atoms with van der Waals surface area (Å²) in [6.45, 7) is 11.8. The van der Waals surface area contributed by atoms with Gasteiger partial charge in [0.25, 0.3) is 15.9 Å². The lowest BCUT2D eigenvalue weighted by atomic mass is 9.94. The molecule has 49 heavy (non-hydrogen) atoms. The number of nitrogens with one attached hydrogen (secondary N) is 1. The van der Waals surface area contributed by atoms with Crippen molar-refractivity contribution in [2.24, 2.45) is 5.92 Å². The molecule has 6 rings (SSSR count). The summed E-state index contributed by atoms with van der Waals surface area (Å²) in [5.74, 6) is 0.802. The van der Waals surface area contributed by atoms with Crippen molar-refractivity contribution in [1.29, 1.82) is 0 Å². The van der Waals surface area contributed by atoms with Crippen LogP contribution in [0, 0.1) is 19.8 Å². The van der Waals surface area contributed by atoms with Crippen LogP contribution in [0.25, 0.3) is 11.3 Å². The zero-order chi connectivity index (χ0) is 34.9. The van der Waals surface area contributed by atoms with Gasteiger partial charge in [-0.2, -0.15) is 4.98 Å². The van der Waals surface area contributed by atoms with E-state index in [1.165, 1.54) is 12.1 Å². The van der Waals surface area contributed by atoms with Gasteiger partial charge in [-0.05, 0) is 86.9 Å².